The zero-order valence-corrected chi connectivity index (χ0v) is 14.3. The molecule has 2 unspecified atom stereocenters. The van der Waals surface area contributed by atoms with Crippen LogP contribution in [0.5, 0.6) is 0 Å². The molecule has 2 atom stereocenters. The van der Waals surface area contributed by atoms with Gasteiger partial charge in [0.05, 0.1) is 11.2 Å². The third-order valence-electron chi connectivity index (χ3n) is 5.13. The van der Waals surface area contributed by atoms with Gasteiger partial charge in [0, 0.05) is 36.5 Å². The summed E-state index contributed by atoms with van der Waals surface area (Å²) in [5, 5.41) is 0.565. The lowest BCUT2D eigenvalue weighted by Gasteiger charge is -2.36. The molecule has 0 aromatic carbocycles. The smallest absolute Gasteiger partial charge is 0.212 e. The number of rotatable bonds is 3. The molecule has 3 rings (SSSR count). The number of ketones is 1. The van der Waals surface area contributed by atoms with Crippen molar-refractivity contribution in [3.05, 3.63) is 15.6 Å². The Morgan fingerprint density at radius 3 is 2.91 bits per heavy atom. The average Bonchev–Trinajstić information content (AvgIpc) is 2.92. The lowest BCUT2D eigenvalue weighted by atomic mass is 9.76. The topological polar surface area (TPSA) is 85.2 Å². The molecule has 0 bridgehead atoms. The Morgan fingerprint density at radius 2 is 2.23 bits per heavy atom. The second-order valence-corrected chi connectivity index (χ2v) is 8.01. The standard InChI is InChI=1S/C16H26N4OS/c1-10(2)20-8-6-11-12(9-20)22-15(19-11)14(21)16(18)7-4-3-5-13(16)17/h10,13H,3-9,17-18H2,1-2H3. The van der Waals surface area contributed by atoms with E-state index in [0.717, 1.165) is 44.5 Å². The van der Waals surface area contributed by atoms with E-state index in [1.165, 1.54) is 16.2 Å². The predicted molar refractivity (Wildman–Crippen MR) is 89.1 cm³/mol. The summed E-state index contributed by atoms with van der Waals surface area (Å²) in [6, 6.07) is 0.267. The molecule has 1 aromatic heterocycles. The van der Waals surface area contributed by atoms with Gasteiger partial charge in [-0.25, -0.2) is 4.98 Å². The van der Waals surface area contributed by atoms with Crippen molar-refractivity contribution in [1.29, 1.82) is 0 Å². The van der Waals surface area contributed by atoms with Gasteiger partial charge in [-0.3, -0.25) is 9.69 Å². The first-order valence-corrected chi connectivity index (χ1v) is 9.05. The number of nitrogens with zero attached hydrogens (tertiary/aromatic N) is 2. The van der Waals surface area contributed by atoms with Crippen LogP contribution in [0.3, 0.4) is 0 Å². The van der Waals surface area contributed by atoms with Crippen LogP contribution in [0, 0.1) is 0 Å². The van der Waals surface area contributed by atoms with E-state index in [1.54, 1.807) is 0 Å². The predicted octanol–water partition coefficient (Wildman–Crippen LogP) is 1.69. The molecule has 122 valence electrons. The Kier molecular flexibility index (Phi) is 4.38. The van der Waals surface area contributed by atoms with E-state index in [1.807, 2.05) is 0 Å². The quantitative estimate of drug-likeness (QED) is 0.827. The van der Waals surface area contributed by atoms with Crippen molar-refractivity contribution < 1.29 is 4.79 Å². The molecule has 2 aliphatic rings. The van der Waals surface area contributed by atoms with Crippen LogP contribution in [0.15, 0.2) is 0 Å². The highest BCUT2D eigenvalue weighted by molar-refractivity contribution is 7.13. The molecule has 1 aliphatic heterocycles. The summed E-state index contributed by atoms with van der Waals surface area (Å²) in [7, 11) is 0. The van der Waals surface area contributed by atoms with Crippen molar-refractivity contribution in [2.75, 3.05) is 6.54 Å². The van der Waals surface area contributed by atoms with Crippen LogP contribution in [-0.4, -0.2) is 39.8 Å². The van der Waals surface area contributed by atoms with E-state index in [0.29, 0.717) is 17.5 Å². The molecule has 0 saturated heterocycles. The summed E-state index contributed by atoms with van der Waals surface area (Å²) in [4.78, 5) is 21.1. The largest absolute Gasteiger partial charge is 0.326 e. The number of nitrogens with two attached hydrogens (primary N) is 2. The van der Waals surface area contributed by atoms with Gasteiger partial charge in [-0.2, -0.15) is 0 Å². The van der Waals surface area contributed by atoms with Gasteiger partial charge in [-0.15, -0.1) is 11.3 Å². The van der Waals surface area contributed by atoms with Gasteiger partial charge in [0.25, 0.3) is 0 Å². The molecule has 6 heteroatoms. The molecule has 0 amide bonds. The van der Waals surface area contributed by atoms with Gasteiger partial charge in [-0.05, 0) is 26.7 Å². The van der Waals surface area contributed by atoms with Crippen LogP contribution in [0.4, 0.5) is 0 Å². The van der Waals surface area contributed by atoms with Gasteiger partial charge in [0.2, 0.25) is 5.78 Å². The highest BCUT2D eigenvalue weighted by Gasteiger charge is 2.43. The number of carbonyl (C=O) groups excluding carboxylic acids is 1. The van der Waals surface area contributed by atoms with E-state index >= 15 is 0 Å². The van der Waals surface area contributed by atoms with Crippen molar-refractivity contribution in [3.8, 4) is 0 Å². The maximum atomic E-state index is 12.9. The Labute approximate surface area is 136 Å². The average molecular weight is 322 g/mol. The van der Waals surface area contributed by atoms with Crippen molar-refractivity contribution in [2.45, 2.75) is 70.1 Å². The van der Waals surface area contributed by atoms with E-state index in [2.05, 4.69) is 23.7 Å². The number of hydrogen-bond donors (Lipinski definition) is 2. The third kappa shape index (κ3) is 2.73. The minimum atomic E-state index is -0.920. The Balaban J connectivity index is 1.83. The van der Waals surface area contributed by atoms with Gasteiger partial charge in [0.15, 0.2) is 5.01 Å². The SMILES string of the molecule is CC(C)N1CCc2nc(C(=O)C3(N)CCCCC3N)sc2C1. The summed E-state index contributed by atoms with van der Waals surface area (Å²) in [5.41, 5.74) is 12.7. The fraction of sp³-hybridized carbons (Fsp3) is 0.750. The van der Waals surface area contributed by atoms with Crippen molar-refractivity contribution in [3.63, 3.8) is 0 Å². The monoisotopic (exact) mass is 322 g/mol. The van der Waals surface area contributed by atoms with E-state index in [9.17, 15) is 4.79 Å². The van der Waals surface area contributed by atoms with Crippen LogP contribution in [0.2, 0.25) is 0 Å². The molecular weight excluding hydrogens is 296 g/mol. The van der Waals surface area contributed by atoms with E-state index in [4.69, 9.17) is 11.5 Å². The molecule has 0 spiro atoms. The number of fused-ring (bicyclic) bond motifs is 1. The zero-order chi connectivity index (χ0) is 15.9. The molecule has 0 radical (unpaired) electrons. The Morgan fingerprint density at radius 1 is 1.45 bits per heavy atom. The minimum Gasteiger partial charge on any atom is -0.326 e. The van der Waals surface area contributed by atoms with Gasteiger partial charge >= 0.3 is 0 Å². The molecule has 4 N–H and O–H groups in total. The second kappa shape index (κ2) is 6.00. The van der Waals surface area contributed by atoms with Crippen molar-refractivity contribution in [1.82, 2.24) is 9.88 Å². The lowest BCUT2D eigenvalue weighted by molar-refractivity contribution is 0.0822. The van der Waals surface area contributed by atoms with Crippen molar-refractivity contribution in [2.24, 2.45) is 11.5 Å². The highest BCUT2D eigenvalue weighted by Crippen LogP contribution is 2.32. The molecule has 1 fully saturated rings. The number of aromatic nitrogens is 1. The molecular formula is C16H26N4OS. The molecule has 1 aliphatic carbocycles. The third-order valence-corrected chi connectivity index (χ3v) is 6.21. The van der Waals surface area contributed by atoms with Gasteiger partial charge in [-0.1, -0.05) is 12.8 Å². The normalized spacial score (nSPS) is 29.6. The van der Waals surface area contributed by atoms with Gasteiger partial charge in [0.1, 0.15) is 0 Å². The molecule has 5 nitrogen and oxygen atoms in total. The fourth-order valence-corrected chi connectivity index (χ4v) is 4.63. The van der Waals surface area contributed by atoms with E-state index < -0.39 is 5.54 Å². The summed E-state index contributed by atoms with van der Waals surface area (Å²) in [6.07, 6.45) is 4.46. The van der Waals surface area contributed by atoms with Crippen LogP contribution < -0.4 is 11.5 Å². The van der Waals surface area contributed by atoms with E-state index in [-0.39, 0.29) is 11.8 Å². The lowest BCUT2D eigenvalue weighted by Crippen LogP contribution is -2.62. The van der Waals surface area contributed by atoms with Crippen molar-refractivity contribution >= 4 is 17.1 Å². The first kappa shape index (κ1) is 16.1. The number of carbonyl (C=O) groups is 1. The van der Waals surface area contributed by atoms with Crippen LogP contribution in [0.25, 0.3) is 0 Å². The summed E-state index contributed by atoms with van der Waals surface area (Å²) < 4.78 is 0. The highest BCUT2D eigenvalue weighted by atomic mass is 32.1. The maximum absolute atomic E-state index is 12.9. The molecule has 2 heterocycles. The summed E-state index contributed by atoms with van der Waals surface area (Å²) in [6.45, 7) is 6.30. The Hall–Kier alpha value is -0.820. The first-order chi connectivity index (χ1) is 10.4. The molecule has 1 aromatic rings. The number of Topliss-reactive ketones (excluding diaryl/α,β-unsaturated/α-hetero) is 1. The summed E-state index contributed by atoms with van der Waals surface area (Å²) >= 11 is 1.52. The second-order valence-electron chi connectivity index (χ2n) is 6.92. The minimum absolute atomic E-state index is 0.0461. The Bertz CT molecular complexity index is 570. The molecule has 1 saturated carbocycles. The summed E-state index contributed by atoms with van der Waals surface area (Å²) in [5.74, 6) is -0.0461. The maximum Gasteiger partial charge on any atom is 0.212 e. The molecule has 22 heavy (non-hydrogen) atoms. The number of hydrogen-bond acceptors (Lipinski definition) is 6. The van der Waals surface area contributed by atoms with Crippen LogP contribution in [-0.2, 0) is 13.0 Å². The van der Waals surface area contributed by atoms with Gasteiger partial charge < -0.3 is 11.5 Å². The fourth-order valence-electron chi connectivity index (χ4n) is 3.46. The first-order valence-electron chi connectivity index (χ1n) is 8.23. The van der Waals surface area contributed by atoms with Crippen LogP contribution in [0.1, 0.15) is 59.9 Å². The zero-order valence-electron chi connectivity index (χ0n) is 13.5. The number of thiazole rings is 1. The van der Waals surface area contributed by atoms with Crippen LogP contribution >= 0.6 is 11.3 Å².